The number of hydrogen-bond acceptors (Lipinski definition) is 7. The van der Waals surface area contributed by atoms with Gasteiger partial charge in [-0.2, -0.15) is 0 Å². The second-order valence-corrected chi connectivity index (χ2v) is 9.62. The van der Waals surface area contributed by atoms with Crippen LogP contribution in [0.25, 0.3) is 0 Å². The molecule has 2 aliphatic heterocycles. The third-order valence-corrected chi connectivity index (χ3v) is 6.74. The van der Waals surface area contributed by atoms with Gasteiger partial charge in [0.15, 0.2) is 0 Å². The molecule has 36 heavy (non-hydrogen) atoms. The first-order chi connectivity index (χ1) is 17.3. The van der Waals surface area contributed by atoms with E-state index < -0.39 is 10.8 Å². The number of amides is 2. The van der Waals surface area contributed by atoms with Crippen molar-refractivity contribution >= 4 is 44.8 Å². The van der Waals surface area contributed by atoms with Crippen LogP contribution < -0.4 is 10.6 Å². The molecular weight excluding hydrogens is 535 g/mol. The van der Waals surface area contributed by atoms with Crippen molar-refractivity contribution in [1.29, 1.82) is 0 Å². The summed E-state index contributed by atoms with van der Waals surface area (Å²) in [6.07, 6.45) is 5.92. The van der Waals surface area contributed by atoms with Crippen LogP contribution >= 0.6 is 15.9 Å². The number of likely N-dealkylation sites (tertiary alicyclic amines) is 1. The predicted octanol–water partition coefficient (Wildman–Crippen LogP) is 4.21. The number of halogens is 2. The Bertz CT molecular complexity index is 1220. The first kappa shape index (κ1) is 25.5. The van der Waals surface area contributed by atoms with Crippen molar-refractivity contribution in [2.75, 3.05) is 43.9 Å². The molecule has 4 rings (SSSR count). The number of piperidine rings is 1. The number of benzene rings is 1. The van der Waals surface area contributed by atoms with Crippen LogP contribution in [-0.4, -0.2) is 70.8 Å². The van der Waals surface area contributed by atoms with E-state index in [0.29, 0.717) is 41.7 Å². The van der Waals surface area contributed by atoms with Crippen molar-refractivity contribution in [2.45, 2.75) is 25.3 Å². The second-order valence-electron chi connectivity index (χ2n) is 8.70. The van der Waals surface area contributed by atoms with Crippen LogP contribution in [0, 0.1) is 10.1 Å². The highest BCUT2D eigenvalue weighted by Gasteiger charge is 2.31. The molecule has 2 N–H and O–H groups in total. The number of hydrogen-bond donors (Lipinski definition) is 2. The molecule has 0 aliphatic carbocycles. The lowest BCUT2D eigenvalue weighted by Gasteiger charge is -2.34. The van der Waals surface area contributed by atoms with Gasteiger partial charge in [-0.15, -0.1) is 0 Å². The number of carbonyl (C=O) groups is 2. The average Bonchev–Trinajstić information content (AvgIpc) is 2.89. The standard InChI is InChI=1S/C24H26BrFN6O4/c1-27-19-9-15(12-28-13-19)23(33)31-6-2-3-18(14-31)29-22-20(10-16(25)11-21(22)32(35)36)24(34)30-7-4-17(26)5-8-30/h4,9-13,18,27,29H,2-3,5-8,14H2,1H3/t18-/m1/s1. The van der Waals surface area contributed by atoms with Gasteiger partial charge >= 0.3 is 0 Å². The Balaban J connectivity index is 1.59. The third-order valence-electron chi connectivity index (χ3n) is 6.28. The number of aromatic nitrogens is 1. The minimum Gasteiger partial charge on any atom is -0.387 e. The van der Waals surface area contributed by atoms with Gasteiger partial charge in [-0.25, -0.2) is 4.39 Å². The van der Waals surface area contributed by atoms with Crippen LogP contribution in [-0.2, 0) is 0 Å². The normalized spacial score (nSPS) is 17.9. The Morgan fingerprint density at radius 2 is 2.00 bits per heavy atom. The number of nitrogens with zero attached hydrogens (tertiary/aromatic N) is 4. The molecule has 0 radical (unpaired) electrons. The van der Waals surface area contributed by atoms with Crippen LogP contribution in [0.2, 0.25) is 0 Å². The van der Waals surface area contributed by atoms with E-state index in [0.717, 1.165) is 0 Å². The summed E-state index contributed by atoms with van der Waals surface area (Å²) in [6.45, 7) is 1.13. The van der Waals surface area contributed by atoms with Gasteiger partial charge in [-0.1, -0.05) is 15.9 Å². The number of carbonyl (C=O) groups excluding carboxylic acids is 2. The molecule has 0 spiro atoms. The average molecular weight is 561 g/mol. The van der Waals surface area contributed by atoms with E-state index in [2.05, 4.69) is 31.5 Å². The fraction of sp³-hybridized carbons (Fsp3) is 0.375. The van der Waals surface area contributed by atoms with Gasteiger partial charge in [0.05, 0.1) is 27.6 Å². The zero-order chi connectivity index (χ0) is 25.8. The summed E-state index contributed by atoms with van der Waals surface area (Å²) in [5.74, 6) is -0.890. The molecule has 0 bridgehead atoms. The van der Waals surface area contributed by atoms with Gasteiger partial charge in [0, 0.05) is 68.6 Å². The Kier molecular flexibility index (Phi) is 7.82. The molecule has 0 unspecified atom stereocenters. The van der Waals surface area contributed by atoms with Crippen molar-refractivity contribution in [3.05, 3.63) is 68.2 Å². The van der Waals surface area contributed by atoms with E-state index in [-0.39, 0.29) is 54.2 Å². The highest BCUT2D eigenvalue weighted by atomic mass is 79.9. The lowest BCUT2D eigenvalue weighted by molar-refractivity contribution is -0.384. The van der Waals surface area contributed by atoms with Gasteiger partial charge in [-0.3, -0.25) is 24.7 Å². The third kappa shape index (κ3) is 5.64. The van der Waals surface area contributed by atoms with Gasteiger partial charge in [0.25, 0.3) is 17.5 Å². The lowest BCUT2D eigenvalue weighted by atomic mass is 10.0. The lowest BCUT2D eigenvalue weighted by Crippen LogP contribution is -2.45. The SMILES string of the molecule is CNc1cncc(C(=O)N2CCC[C@@H](Nc3c(C(=O)N4CC=C(F)CC4)cc(Br)cc3[N+](=O)[O-])C2)c1. The van der Waals surface area contributed by atoms with Crippen molar-refractivity contribution < 1.29 is 18.9 Å². The van der Waals surface area contributed by atoms with Gasteiger partial charge in [-0.05, 0) is 31.1 Å². The van der Waals surface area contributed by atoms with Gasteiger partial charge in [0.2, 0.25) is 0 Å². The predicted molar refractivity (Wildman–Crippen MR) is 137 cm³/mol. The first-order valence-corrected chi connectivity index (χ1v) is 12.4. The summed E-state index contributed by atoms with van der Waals surface area (Å²) >= 11 is 3.27. The number of nitro groups is 1. The highest BCUT2D eigenvalue weighted by molar-refractivity contribution is 9.10. The maximum absolute atomic E-state index is 13.5. The summed E-state index contributed by atoms with van der Waals surface area (Å²) in [7, 11) is 1.74. The molecule has 1 aromatic heterocycles. The summed E-state index contributed by atoms with van der Waals surface area (Å²) in [6, 6.07) is 4.29. The monoisotopic (exact) mass is 560 g/mol. The van der Waals surface area contributed by atoms with E-state index in [1.165, 1.54) is 29.3 Å². The van der Waals surface area contributed by atoms with E-state index in [9.17, 15) is 24.1 Å². The van der Waals surface area contributed by atoms with Crippen LogP contribution in [0.15, 0.2) is 47.0 Å². The maximum Gasteiger partial charge on any atom is 0.294 e. The molecule has 2 aromatic rings. The molecule has 3 heterocycles. The zero-order valence-electron chi connectivity index (χ0n) is 19.7. The Labute approximate surface area is 215 Å². The maximum atomic E-state index is 13.5. The van der Waals surface area contributed by atoms with Gasteiger partial charge in [0.1, 0.15) is 5.69 Å². The number of pyridine rings is 1. The fourth-order valence-electron chi connectivity index (χ4n) is 4.42. The molecule has 2 aliphatic rings. The molecule has 2 amide bonds. The summed E-state index contributed by atoms with van der Waals surface area (Å²) in [4.78, 5) is 45.1. The number of nitrogens with one attached hydrogen (secondary N) is 2. The number of nitro benzene ring substituents is 1. The van der Waals surface area contributed by atoms with Crippen LogP contribution in [0.4, 0.5) is 21.5 Å². The number of rotatable bonds is 6. The minimum absolute atomic E-state index is 0.0931. The molecule has 12 heteroatoms. The largest absolute Gasteiger partial charge is 0.387 e. The number of anilines is 2. The van der Waals surface area contributed by atoms with Crippen LogP contribution in [0.3, 0.4) is 0 Å². The Morgan fingerprint density at radius 3 is 2.69 bits per heavy atom. The quantitative estimate of drug-likeness (QED) is 0.401. The zero-order valence-corrected chi connectivity index (χ0v) is 21.3. The van der Waals surface area contributed by atoms with E-state index in [4.69, 9.17) is 0 Å². The Hall–Kier alpha value is -3.54. The van der Waals surface area contributed by atoms with E-state index >= 15 is 0 Å². The van der Waals surface area contributed by atoms with E-state index in [1.807, 2.05) is 0 Å². The second kappa shape index (κ2) is 11.0. The van der Waals surface area contributed by atoms with Crippen molar-refractivity contribution in [1.82, 2.24) is 14.8 Å². The van der Waals surface area contributed by atoms with Crippen molar-refractivity contribution in [2.24, 2.45) is 0 Å². The first-order valence-electron chi connectivity index (χ1n) is 11.6. The van der Waals surface area contributed by atoms with Crippen molar-refractivity contribution in [3.63, 3.8) is 0 Å². The Morgan fingerprint density at radius 1 is 1.19 bits per heavy atom. The molecule has 1 fully saturated rings. The molecule has 10 nitrogen and oxygen atoms in total. The molecular formula is C24H26BrFN6O4. The summed E-state index contributed by atoms with van der Waals surface area (Å²) in [5.41, 5.74) is 1.13. The summed E-state index contributed by atoms with van der Waals surface area (Å²) in [5, 5.41) is 18.1. The highest BCUT2D eigenvalue weighted by Crippen LogP contribution is 2.35. The molecule has 1 saturated heterocycles. The molecule has 1 aromatic carbocycles. The van der Waals surface area contributed by atoms with Crippen LogP contribution in [0.5, 0.6) is 0 Å². The van der Waals surface area contributed by atoms with Crippen LogP contribution in [0.1, 0.15) is 40.0 Å². The van der Waals surface area contributed by atoms with Gasteiger partial charge < -0.3 is 20.4 Å². The fourth-order valence-corrected chi connectivity index (χ4v) is 4.86. The van der Waals surface area contributed by atoms with E-state index in [1.54, 1.807) is 24.2 Å². The smallest absolute Gasteiger partial charge is 0.294 e. The molecule has 1 atom stereocenters. The minimum atomic E-state index is -0.541. The topological polar surface area (TPSA) is 121 Å². The summed E-state index contributed by atoms with van der Waals surface area (Å²) < 4.78 is 13.9. The van der Waals surface area contributed by atoms with Crippen molar-refractivity contribution in [3.8, 4) is 0 Å². The molecule has 0 saturated carbocycles. The molecule has 190 valence electrons.